The van der Waals surface area contributed by atoms with Crippen molar-refractivity contribution in [3.8, 4) is 0 Å². The molecule has 0 amide bonds. The van der Waals surface area contributed by atoms with Gasteiger partial charge in [0.15, 0.2) is 5.11 Å². The molecule has 0 unspecified atom stereocenters. The summed E-state index contributed by atoms with van der Waals surface area (Å²) in [6, 6.07) is 8.06. The second kappa shape index (κ2) is 4.44. The Balaban J connectivity index is 2.27. The van der Waals surface area contributed by atoms with E-state index in [9.17, 15) is 0 Å². The van der Waals surface area contributed by atoms with Crippen LogP contribution >= 0.6 is 23.8 Å². The van der Waals surface area contributed by atoms with Gasteiger partial charge in [-0.25, -0.2) is 5.43 Å². The average molecular weight is 270 g/mol. The highest BCUT2D eigenvalue weighted by atomic mass is 35.5. The van der Waals surface area contributed by atoms with E-state index < -0.39 is 0 Å². The number of hydrogen-bond donors (Lipinski definition) is 2. The number of benzene rings is 1. The lowest BCUT2D eigenvalue weighted by Crippen LogP contribution is -2.47. The van der Waals surface area contributed by atoms with Gasteiger partial charge in [-0.1, -0.05) is 23.7 Å². The first kappa shape index (κ1) is 12.6. The minimum Gasteiger partial charge on any atom is -0.338 e. The summed E-state index contributed by atoms with van der Waals surface area (Å²) in [6.07, 6.45) is 0. The molecule has 1 aromatic rings. The molecule has 2 N–H and O–H groups in total. The standard InChI is InChI=1S/C12H16ClN3S/c1-8(2)16-11(17)14-12(3,15-16)9-4-6-10(13)7-5-9/h4-8,15H,1-3H3,(H,14,17)/t12-/m1/s1. The molecule has 5 heteroatoms. The van der Waals surface area contributed by atoms with Gasteiger partial charge >= 0.3 is 0 Å². The van der Waals surface area contributed by atoms with Crippen LogP contribution in [0.15, 0.2) is 24.3 Å². The predicted molar refractivity (Wildman–Crippen MR) is 74.6 cm³/mol. The lowest BCUT2D eigenvalue weighted by atomic mass is 10.0. The number of rotatable bonds is 2. The van der Waals surface area contributed by atoms with Gasteiger partial charge in [-0.05, 0) is 50.7 Å². The van der Waals surface area contributed by atoms with Gasteiger partial charge in [0.2, 0.25) is 0 Å². The Morgan fingerprint density at radius 2 is 1.88 bits per heavy atom. The number of hydrogen-bond acceptors (Lipinski definition) is 2. The van der Waals surface area contributed by atoms with Crippen molar-refractivity contribution >= 4 is 28.9 Å². The summed E-state index contributed by atoms with van der Waals surface area (Å²) >= 11 is 11.2. The molecule has 1 atom stereocenters. The highest BCUT2D eigenvalue weighted by molar-refractivity contribution is 7.80. The van der Waals surface area contributed by atoms with Gasteiger partial charge in [-0.2, -0.15) is 0 Å². The molecule has 3 nitrogen and oxygen atoms in total. The zero-order valence-electron chi connectivity index (χ0n) is 10.1. The Hall–Kier alpha value is -0.840. The van der Waals surface area contributed by atoms with E-state index in [0.717, 1.165) is 15.7 Å². The van der Waals surface area contributed by atoms with Gasteiger partial charge in [-0.15, -0.1) is 0 Å². The van der Waals surface area contributed by atoms with Gasteiger partial charge in [0.05, 0.1) is 0 Å². The van der Waals surface area contributed by atoms with Crippen LogP contribution in [0.25, 0.3) is 0 Å². The van der Waals surface area contributed by atoms with E-state index in [0.29, 0.717) is 6.04 Å². The van der Waals surface area contributed by atoms with Crippen LogP contribution in [0.1, 0.15) is 26.3 Å². The molecule has 0 saturated carbocycles. The zero-order valence-corrected chi connectivity index (χ0v) is 11.7. The first-order valence-corrected chi connectivity index (χ1v) is 6.36. The molecular weight excluding hydrogens is 254 g/mol. The lowest BCUT2D eigenvalue weighted by Gasteiger charge is -2.27. The largest absolute Gasteiger partial charge is 0.338 e. The minimum atomic E-state index is -0.369. The normalized spacial score (nSPS) is 24.3. The fourth-order valence-corrected chi connectivity index (χ4v) is 2.46. The van der Waals surface area contributed by atoms with Crippen LogP contribution in [0.3, 0.4) is 0 Å². The molecule has 17 heavy (non-hydrogen) atoms. The third-order valence-corrected chi connectivity index (χ3v) is 3.41. The highest BCUT2D eigenvalue weighted by Gasteiger charge is 2.38. The Morgan fingerprint density at radius 3 is 2.35 bits per heavy atom. The summed E-state index contributed by atoms with van der Waals surface area (Å²) in [6.45, 7) is 6.24. The molecule has 1 saturated heterocycles. The van der Waals surface area contributed by atoms with Crippen LogP contribution in [0, 0.1) is 0 Å². The van der Waals surface area contributed by atoms with E-state index in [1.165, 1.54) is 0 Å². The van der Waals surface area contributed by atoms with Gasteiger partial charge in [0.25, 0.3) is 0 Å². The van der Waals surface area contributed by atoms with Gasteiger partial charge < -0.3 is 5.32 Å². The summed E-state index contributed by atoms with van der Waals surface area (Å²) in [7, 11) is 0. The van der Waals surface area contributed by atoms with Crippen LogP contribution in [0.5, 0.6) is 0 Å². The van der Waals surface area contributed by atoms with E-state index in [1.54, 1.807) is 0 Å². The number of nitrogens with zero attached hydrogens (tertiary/aromatic N) is 1. The number of halogens is 1. The first-order chi connectivity index (χ1) is 7.92. The van der Waals surface area contributed by atoms with E-state index in [4.69, 9.17) is 23.8 Å². The number of thiocarbonyl (C=S) groups is 1. The molecule has 1 aliphatic rings. The Kier molecular flexibility index (Phi) is 3.30. The maximum Gasteiger partial charge on any atom is 0.185 e. The maximum atomic E-state index is 5.89. The van der Waals surface area contributed by atoms with Crippen LogP contribution < -0.4 is 10.7 Å². The SMILES string of the molecule is CC(C)N1N[C@](C)(c2ccc(Cl)cc2)NC1=S. The number of nitrogens with one attached hydrogen (secondary N) is 2. The Morgan fingerprint density at radius 1 is 1.29 bits per heavy atom. The van der Waals surface area contributed by atoms with Crippen molar-refractivity contribution in [2.75, 3.05) is 0 Å². The first-order valence-electron chi connectivity index (χ1n) is 5.57. The van der Waals surface area contributed by atoms with Crippen molar-refractivity contribution in [2.24, 2.45) is 0 Å². The van der Waals surface area contributed by atoms with E-state index in [1.807, 2.05) is 29.3 Å². The molecule has 1 fully saturated rings. The summed E-state index contributed by atoms with van der Waals surface area (Å²) in [5.74, 6) is 0. The van der Waals surface area contributed by atoms with Crippen molar-refractivity contribution in [2.45, 2.75) is 32.5 Å². The summed E-state index contributed by atoms with van der Waals surface area (Å²) in [5.41, 5.74) is 4.13. The van der Waals surface area contributed by atoms with Crippen LogP contribution in [0.4, 0.5) is 0 Å². The average Bonchev–Trinajstić information content (AvgIpc) is 2.56. The van der Waals surface area contributed by atoms with Crippen LogP contribution in [-0.4, -0.2) is 16.2 Å². The van der Waals surface area contributed by atoms with E-state index >= 15 is 0 Å². The van der Waals surface area contributed by atoms with Gasteiger partial charge in [0, 0.05) is 11.1 Å². The fraction of sp³-hybridized carbons (Fsp3) is 0.417. The molecule has 0 aromatic heterocycles. The van der Waals surface area contributed by atoms with Gasteiger partial charge in [-0.3, -0.25) is 5.01 Å². The zero-order chi connectivity index (χ0) is 12.6. The Bertz CT molecular complexity index is 432. The lowest BCUT2D eigenvalue weighted by molar-refractivity contribution is 0.202. The third kappa shape index (κ3) is 2.39. The molecule has 0 spiro atoms. The van der Waals surface area contributed by atoms with Crippen LogP contribution in [0.2, 0.25) is 5.02 Å². The second-order valence-electron chi connectivity index (χ2n) is 4.64. The molecular formula is C12H16ClN3S. The van der Waals surface area contributed by atoms with Crippen molar-refractivity contribution in [3.63, 3.8) is 0 Å². The van der Waals surface area contributed by atoms with E-state index in [2.05, 4.69) is 31.5 Å². The maximum absolute atomic E-state index is 5.89. The Labute approximate surface area is 112 Å². The summed E-state index contributed by atoms with van der Waals surface area (Å²) in [4.78, 5) is 0. The molecule has 1 heterocycles. The number of hydrazine groups is 1. The smallest absolute Gasteiger partial charge is 0.185 e. The topological polar surface area (TPSA) is 27.3 Å². The van der Waals surface area contributed by atoms with Crippen molar-refractivity contribution in [3.05, 3.63) is 34.9 Å². The van der Waals surface area contributed by atoms with Crippen molar-refractivity contribution in [1.82, 2.24) is 15.8 Å². The molecule has 0 aliphatic carbocycles. The summed E-state index contributed by atoms with van der Waals surface area (Å²) < 4.78 is 0. The molecule has 92 valence electrons. The highest BCUT2D eigenvalue weighted by Crippen LogP contribution is 2.25. The monoisotopic (exact) mass is 269 g/mol. The van der Waals surface area contributed by atoms with Crippen molar-refractivity contribution < 1.29 is 0 Å². The predicted octanol–water partition coefficient (Wildman–Crippen LogP) is 2.62. The fourth-order valence-electron chi connectivity index (χ4n) is 1.88. The van der Waals surface area contributed by atoms with Gasteiger partial charge in [0.1, 0.15) is 5.66 Å². The molecule has 2 rings (SSSR count). The molecule has 0 bridgehead atoms. The molecule has 1 aromatic carbocycles. The molecule has 0 radical (unpaired) electrons. The van der Waals surface area contributed by atoms with Crippen LogP contribution in [-0.2, 0) is 5.66 Å². The van der Waals surface area contributed by atoms with Crippen molar-refractivity contribution in [1.29, 1.82) is 0 Å². The molecule has 1 aliphatic heterocycles. The minimum absolute atomic E-state index is 0.309. The second-order valence-corrected chi connectivity index (χ2v) is 5.46. The summed E-state index contributed by atoms with van der Waals surface area (Å²) in [5, 5.41) is 6.72. The van der Waals surface area contributed by atoms with E-state index in [-0.39, 0.29) is 5.66 Å². The third-order valence-electron chi connectivity index (χ3n) is 2.86. The quantitative estimate of drug-likeness (QED) is 0.807.